The molecule has 0 radical (unpaired) electrons. The monoisotopic (exact) mass is 400 g/mol. The van der Waals surface area contributed by atoms with E-state index in [4.69, 9.17) is 18.9 Å². The van der Waals surface area contributed by atoms with E-state index in [-0.39, 0.29) is 5.97 Å². The molecule has 29 heavy (non-hydrogen) atoms. The Morgan fingerprint density at radius 1 is 1.10 bits per heavy atom. The Bertz CT molecular complexity index is 834. The van der Waals surface area contributed by atoms with Crippen LogP contribution in [0.5, 0.6) is 11.5 Å². The molecular weight excluding hydrogens is 372 g/mol. The fraction of sp³-hybridized carbons (Fsp3) is 0.409. The standard InChI is InChI=1S/C22H28N2O5/c1-4-29-21-13-16(5-8-20(21)26-2)15-23-17-6-7-19(18(14-17)22(25)27-3)24-9-11-28-12-10-24/h5-8,13-14,23H,4,9-12,15H2,1-3H3. The first-order valence-corrected chi connectivity index (χ1v) is 9.75. The maximum absolute atomic E-state index is 12.4. The highest BCUT2D eigenvalue weighted by Gasteiger charge is 2.20. The van der Waals surface area contributed by atoms with Crippen LogP contribution >= 0.6 is 0 Å². The molecule has 0 saturated carbocycles. The average Bonchev–Trinajstić information content (AvgIpc) is 2.78. The van der Waals surface area contributed by atoms with Crippen molar-refractivity contribution in [1.82, 2.24) is 0 Å². The lowest BCUT2D eigenvalue weighted by atomic mass is 10.1. The van der Waals surface area contributed by atoms with E-state index in [1.54, 1.807) is 7.11 Å². The largest absolute Gasteiger partial charge is 0.493 e. The van der Waals surface area contributed by atoms with Gasteiger partial charge in [-0.2, -0.15) is 0 Å². The molecule has 0 bridgehead atoms. The molecule has 0 amide bonds. The molecule has 0 atom stereocenters. The topological polar surface area (TPSA) is 69.3 Å². The average molecular weight is 400 g/mol. The zero-order valence-corrected chi connectivity index (χ0v) is 17.2. The molecule has 156 valence electrons. The number of rotatable bonds is 8. The van der Waals surface area contributed by atoms with E-state index in [2.05, 4.69) is 10.2 Å². The highest BCUT2D eigenvalue weighted by atomic mass is 16.5. The van der Waals surface area contributed by atoms with Crippen molar-refractivity contribution in [1.29, 1.82) is 0 Å². The fourth-order valence-corrected chi connectivity index (χ4v) is 3.30. The number of hydrogen-bond acceptors (Lipinski definition) is 7. The maximum atomic E-state index is 12.4. The second-order valence-corrected chi connectivity index (χ2v) is 6.59. The number of methoxy groups -OCH3 is 2. The number of benzene rings is 2. The number of nitrogens with one attached hydrogen (secondary N) is 1. The second kappa shape index (κ2) is 10.0. The molecule has 1 heterocycles. The molecule has 1 saturated heterocycles. The van der Waals surface area contributed by atoms with Crippen molar-refractivity contribution in [2.75, 3.05) is 57.3 Å². The van der Waals surface area contributed by atoms with Crippen molar-refractivity contribution in [2.45, 2.75) is 13.5 Å². The summed E-state index contributed by atoms with van der Waals surface area (Å²) in [6, 6.07) is 11.6. The molecule has 2 aromatic rings. The Hall–Kier alpha value is -2.93. The Kier molecular flexibility index (Phi) is 7.19. The van der Waals surface area contributed by atoms with Crippen molar-refractivity contribution in [3.8, 4) is 11.5 Å². The third kappa shape index (κ3) is 5.12. The lowest BCUT2D eigenvalue weighted by Crippen LogP contribution is -2.37. The van der Waals surface area contributed by atoms with Gasteiger partial charge in [0, 0.05) is 25.3 Å². The van der Waals surface area contributed by atoms with E-state index in [1.165, 1.54) is 7.11 Å². The van der Waals surface area contributed by atoms with Crippen molar-refractivity contribution in [3.05, 3.63) is 47.5 Å². The lowest BCUT2D eigenvalue weighted by Gasteiger charge is -2.30. The molecule has 0 spiro atoms. The minimum atomic E-state index is -0.349. The third-order valence-electron chi connectivity index (χ3n) is 4.78. The number of ether oxygens (including phenoxy) is 4. The predicted molar refractivity (Wildman–Crippen MR) is 112 cm³/mol. The van der Waals surface area contributed by atoms with Gasteiger partial charge in [-0.3, -0.25) is 0 Å². The summed E-state index contributed by atoms with van der Waals surface area (Å²) in [5.41, 5.74) is 3.31. The van der Waals surface area contributed by atoms with Gasteiger partial charge in [-0.05, 0) is 42.8 Å². The first kappa shape index (κ1) is 20.8. The number of carbonyl (C=O) groups excluding carboxylic acids is 1. The van der Waals surface area contributed by atoms with Crippen molar-refractivity contribution >= 4 is 17.3 Å². The Morgan fingerprint density at radius 2 is 1.90 bits per heavy atom. The Balaban J connectivity index is 1.77. The van der Waals surface area contributed by atoms with Gasteiger partial charge in [0.05, 0.1) is 45.3 Å². The normalized spacial score (nSPS) is 13.7. The van der Waals surface area contributed by atoms with Crippen molar-refractivity contribution in [2.24, 2.45) is 0 Å². The minimum Gasteiger partial charge on any atom is -0.493 e. The van der Waals surface area contributed by atoms with E-state index in [9.17, 15) is 4.79 Å². The third-order valence-corrected chi connectivity index (χ3v) is 4.78. The highest BCUT2D eigenvalue weighted by molar-refractivity contribution is 5.97. The van der Waals surface area contributed by atoms with Gasteiger partial charge in [-0.1, -0.05) is 6.07 Å². The molecule has 7 heteroatoms. The Labute approximate surface area is 171 Å². The zero-order valence-electron chi connectivity index (χ0n) is 17.2. The van der Waals surface area contributed by atoms with Crippen LogP contribution in [0.25, 0.3) is 0 Å². The summed E-state index contributed by atoms with van der Waals surface area (Å²) in [6.07, 6.45) is 0. The summed E-state index contributed by atoms with van der Waals surface area (Å²) in [7, 11) is 3.03. The number of carbonyl (C=O) groups is 1. The summed E-state index contributed by atoms with van der Waals surface area (Å²) >= 11 is 0. The smallest absolute Gasteiger partial charge is 0.340 e. The summed E-state index contributed by atoms with van der Waals surface area (Å²) in [5, 5.41) is 3.37. The van der Waals surface area contributed by atoms with Crippen LogP contribution in [0.4, 0.5) is 11.4 Å². The van der Waals surface area contributed by atoms with Crippen LogP contribution in [0, 0.1) is 0 Å². The van der Waals surface area contributed by atoms with Crippen LogP contribution in [0.15, 0.2) is 36.4 Å². The summed E-state index contributed by atoms with van der Waals surface area (Å²) in [4.78, 5) is 14.5. The van der Waals surface area contributed by atoms with Crippen LogP contribution in [0.3, 0.4) is 0 Å². The summed E-state index contributed by atoms with van der Waals surface area (Å²) < 4.78 is 21.4. The van der Waals surface area contributed by atoms with Crippen LogP contribution in [-0.2, 0) is 16.0 Å². The highest BCUT2D eigenvalue weighted by Crippen LogP contribution is 2.29. The molecule has 0 aromatic heterocycles. The van der Waals surface area contributed by atoms with Crippen LogP contribution in [0.2, 0.25) is 0 Å². The first-order valence-electron chi connectivity index (χ1n) is 9.75. The van der Waals surface area contributed by atoms with Gasteiger partial charge in [0.15, 0.2) is 11.5 Å². The number of anilines is 2. The van der Waals surface area contributed by atoms with E-state index < -0.39 is 0 Å². The van der Waals surface area contributed by atoms with Crippen molar-refractivity contribution < 1.29 is 23.7 Å². The van der Waals surface area contributed by atoms with Gasteiger partial charge in [-0.15, -0.1) is 0 Å². The van der Waals surface area contributed by atoms with E-state index in [1.807, 2.05) is 43.3 Å². The molecule has 1 fully saturated rings. The van der Waals surface area contributed by atoms with E-state index >= 15 is 0 Å². The minimum absolute atomic E-state index is 0.349. The van der Waals surface area contributed by atoms with Gasteiger partial charge in [0.25, 0.3) is 0 Å². The summed E-state index contributed by atoms with van der Waals surface area (Å²) in [5.74, 6) is 1.07. The number of esters is 1. The second-order valence-electron chi connectivity index (χ2n) is 6.59. The van der Waals surface area contributed by atoms with Gasteiger partial charge >= 0.3 is 5.97 Å². The maximum Gasteiger partial charge on any atom is 0.340 e. The van der Waals surface area contributed by atoms with Gasteiger partial charge in [0.1, 0.15) is 0 Å². The van der Waals surface area contributed by atoms with Crippen LogP contribution in [-0.4, -0.2) is 53.1 Å². The molecule has 3 rings (SSSR count). The van der Waals surface area contributed by atoms with E-state index in [0.29, 0.717) is 43.4 Å². The Morgan fingerprint density at radius 3 is 2.59 bits per heavy atom. The molecule has 1 aliphatic heterocycles. The molecule has 2 aromatic carbocycles. The molecule has 0 unspecified atom stereocenters. The predicted octanol–water partition coefficient (Wildman–Crippen LogP) is 3.33. The van der Waals surface area contributed by atoms with Crippen LogP contribution in [0.1, 0.15) is 22.8 Å². The molecule has 0 aliphatic carbocycles. The summed E-state index contributed by atoms with van der Waals surface area (Å²) in [6.45, 7) is 5.90. The SMILES string of the molecule is CCOc1cc(CNc2ccc(N3CCOCC3)c(C(=O)OC)c2)ccc1OC. The molecule has 7 nitrogen and oxygen atoms in total. The van der Waals surface area contributed by atoms with Gasteiger partial charge in [0.2, 0.25) is 0 Å². The lowest BCUT2D eigenvalue weighted by molar-refractivity contribution is 0.0600. The molecular formula is C22H28N2O5. The fourth-order valence-electron chi connectivity index (χ4n) is 3.30. The number of hydrogen-bond donors (Lipinski definition) is 1. The molecule has 1 N–H and O–H groups in total. The number of nitrogens with zero attached hydrogens (tertiary/aromatic N) is 1. The molecule has 1 aliphatic rings. The quantitative estimate of drug-likeness (QED) is 0.682. The van der Waals surface area contributed by atoms with Crippen LogP contribution < -0.4 is 19.7 Å². The van der Waals surface area contributed by atoms with Crippen molar-refractivity contribution in [3.63, 3.8) is 0 Å². The number of morpholine rings is 1. The van der Waals surface area contributed by atoms with Gasteiger partial charge < -0.3 is 29.2 Å². The van der Waals surface area contributed by atoms with Gasteiger partial charge in [-0.25, -0.2) is 4.79 Å². The van der Waals surface area contributed by atoms with E-state index in [0.717, 1.165) is 30.0 Å². The first-order chi connectivity index (χ1) is 14.2. The zero-order chi connectivity index (χ0) is 20.6.